The van der Waals surface area contributed by atoms with Crippen LogP contribution in [0.5, 0.6) is 0 Å². The summed E-state index contributed by atoms with van der Waals surface area (Å²) in [7, 11) is 0. The van der Waals surface area contributed by atoms with Crippen molar-refractivity contribution in [1.82, 2.24) is 9.80 Å². The molecule has 1 aliphatic heterocycles. The van der Waals surface area contributed by atoms with Crippen molar-refractivity contribution in [3.05, 3.63) is 0 Å². The quantitative estimate of drug-likeness (QED) is 0.687. The summed E-state index contributed by atoms with van der Waals surface area (Å²) >= 11 is 0. The molecule has 0 bridgehead atoms. The maximum atomic E-state index is 5.64. The molecule has 1 rings (SSSR count). The predicted molar refractivity (Wildman–Crippen MR) is 73.4 cm³/mol. The smallest absolute Gasteiger partial charge is 0.0593 e. The first-order valence-electron chi connectivity index (χ1n) is 6.95. The van der Waals surface area contributed by atoms with Gasteiger partial charge < -0.3 is 4.74 Å². The van der Waals surface area contributed by atoms with Gasteiger partial charge in [-0.25, -0.2) is 0 Å². The molecule has 0 radical (unpaired) electrons. The van der Waals surface area contributed by atoms with Crippen LogP contribution in [0.2, 0.25) is 0 Å². The van der Waals surface area contributed by atoms with E-state index in [-0.39, 0.29) is 0 Å². The van der Waals surface area contributed by atoms with Crippen LogP contribution >= 0.6 is 0 Å². The minimum absolute atomic E-state index is 0.320. The summed E-state index contributed by atoms with van der Waals surface area (Å²) in [6.07, 6.45) is 0. The van der Waals surface area contributed by atoms with Crippen molar-refractivity contribution in [3.8, 4) is 0 Å². The van der Waals surface area contributed by atoms with E-state index in [1.165, 1.54) is 26.2 Å². The van der Waals surface area contributed by atoms with Crippen molar-refractivity contribution in [1.29, 1.82) is 0 Å². The molecular weight excluding hydrogens is 212 g/mol. The normalized spacial score (nSPS) is 20.1. The highest BCUT2D eigenvalue weighted by molar-refractivity contribution is 4.81. The van der Waals surface area contributed by atoms with Gasteiger partial charge in [-0.1, -0.05) is 13.8 Å². The predicted octanol–water partition coefficient (Wildman–Crippen LogP) is 2.08. The van der Waals surface area contributed by atoms with Gasteiger partial charge in [-0.2, -0.15) is 0 Å². The zero-order valence-corrected chi connectivity index (χ0v) is 12.3. The maximum absolute atomic E-state index is 5.64. The van der Waals surface area contributed by atoms with Crippen LogP contribution in [0, 0.1) is 5.92 Å². The Kier molecular flexibility index (Phi) is 5.90. The van der Waals surface area contributed by atoms with E-state index in [1.807, 2.05) is 0 Å². The highest BCUT2D eigenvalue weighted by Gasteiger charge is 2.25. The lowest BCUT2D eigenvalue weighted by molar-refractivity contribution is 0.0370. The van der Waals surface area contributed by atoms with E-state index in [1.54, 1.807) is 0 Å². The molecule has 0 aromatic carbocycles. The van der Waals surface area contributed by atoms with E-state index in [4.69, 9.17) is 4.74 Å². The molecule has 0 aromatic rings. The molecule has 1 aliphatic rings. The van der Waals surface area contributed by atoms with Crippen molar-refractivity contribution >= 4 is 0 Å². The molecule has 3 nitrogen and oxygen atoms in total. The van der Waals surface area contributed by atoms with Crippen LogP contribution in [0.25, 0.3) is 0 Å². The van der Waals surface area contributed by atoms with Crippen molar-refractivity contribution in [2.45, 2.75) is 40.2 Å². The van der Waals surface area contributed by atoms with E-state index in [2.05, 4.69) is 44.4 Å². The molecule has 1 saturated heterocycles. The van der Waals surface area contributed by atoms with Gasteiger partial charge in [0.25, 0.3) is 0 Å². The number of nitrogens with zero attached hydrogens (tertiary/aromatic N) is 2. The van der Waals surface area contributed by atoms with Gasteiger partial charge in [0.2, 0.25) is 0 Å². The molecule has 0 spiro atoms. The fraction of sp³-hybridized carbons (Fsp3) is 1.00. The molecule has 0 saturated carbocycles. The number of hydrogen-bond acceptors (Lipinski definition) is 3. The first-order valence-corrected chi connectivity index (χ1v) is 6.95. The van der Waals surface area contributed by atoms with Gasteiger partial charge in [0.15, 0.2) is 0 Å². The Morgan fingerprint density at radius 3 is 2.12 bits per heavy atom. The topological polar surface area (TPSA) is 15.7 Å². The van der Waals surface area contributed by atoms with Crippen molar-refractivity contribution in [2.24, 2.45) is 5.92 Å². The molecule has 0 aliphatic carbocycles. The van der Waals surface area contributed by atoms with E-state index in [0.717, 1.165) is 19.8 Å². The number of ether oxygens (including phenoxy) is 1. The molecule has 3 heteroatoms. The monoisotopic (exact) mass is 242 g/mol. The molecular formula is C14H30N2O. The van der Waals surface area contributed by atoms with Crippen molar-refractivity contribution in [2.75, 3.05) is 45.9 Å². The van der Waals surface area contributed by atoms with Gasteiger partial charge in [-0.3, -0.25) is 9.80 Å². The van der Waals surface area contributed by atoms with Crippen LogP contribution in [0.4, 0.5) is 0 Å². The van der Waals surface area contributed by atoms with E-state index in [0.29, 0.717) is 11.5 Å². The molecule has 0 amide bonds. The SMILES string of the molecule is CC(C)COCCN1CCN(C(C)(C)C)CC1. The molecule has 1 heterocycles. The third-order valence-electron chi connectivity index (χ3n) is 3.32. The van der Waals surface area contributed by atoms with Crippen LogP contribution in [-0.4, -0.2) is 61.3 Å². The first kappa shape index (κ1) is 14.9. The lowest BCUT2D eigenvalue weighted by Gasteiger charge is -2.42. The number of hydrogen-bond donors (Lipinski definition) is 0. The van der Waals surface area contributed by atoms with Gasteiger partial charge in [-0.15, -0.1) is 0 Å². The molecule has 0 unspecified atom stereocenters. The molecule has 0 aromatic heterocycles. The Labute approximate surface area is 107 Å². The minimum Gasteiger partial charge on any atom is -0.380 e. The maximum Gasteiger partial charge on any atom is 0.0593 e. The molecule has 17 heavy (non-hydrogen) atoms. The third-order valence-corrected chi connectivity index (χ3v) is 3.32. The summed E-state index contributed by atoms with van der Waals surface area (Å²) in [4.78, 5) is 5.08. The van der Waals surface area contributed by atoms with Gasteiger partial charge >= 0.3 is 0 Å². The fourth-order valence-corrected chi connectivity index (χ4v) is 2.15. The average Bonchev–Trinajstić information content (AvgIpc) is 2.23. The third kappa shape index (κ3) is 5.84. The first-order chi connectivity index (χ1) is 7.89. The van der Waals surface area contributed by atoms with Gasteiger partial charge in [0.1, 0.15) is 0 Å². The summed E-state index contributed by atoms with van der Waals surface area (Å²) in [5.41, 5.74) is 0.320. The highest BCUT2D eigenvalue weighted by Crippen LogP contribution is 2.15. The van der Waals surface area contributed by atoms with Crippen molar-refractivity contribution in [3.63, 3.8) is 0 Å². The van der Waals surface area contributed by atoms with Crippen LogP contribution in [0.1, 0.15) is 34.6 Å². The lowest BCUT2D eigenvalue weighted by atomic mass is 10.1. The molecule has 102 valence electrons. The molecule has 0 N–H and O–H groups in total. The largest absolute Gasteiger partial charge is 0.380 e. The Morgan fingerprint density at radius 2 is 1.65 bits per heavy atom. The van der Waals surface area contributed by atoms with Crippen LogP contribution in [0.3, 0.4) is 0 Å². The summed E-state index contributed by atoms with van der Waals surface area (Å²) in [5, 5.41) is 0. The van der Waals surface area contributed by atoms with Gasteiger partial charge in [-0.05, 0) is 26.7 Å². The molecule has 1 fully saturated rings. The molecule has 0 atom stereocenters. The van der Waals surface area contributed by atoms with E-state index < -0.39 is 0 Å². The zero-order valence-electron chi connectivity index (χ0n) is 12.3. The lowest BCUT2D eigenvalue weighted by Crippen LogP contribution is -2.53. The van der Waals surface area contributed by atoms with Crippen molar-refractivity contribution < 1.29 is 4.74 Å². The second-order valence-electron chi connectivity index (χ2n) is 6.47. The van der Waals surface area contributed by atoms with Crippen LogP contribution in [0.15, 0.2) is 0 Å². The summed E-state index contributed by atoms with van der Waals surface area (Å²) in [6, 6.07) is 0. The Hall–Kier alpha value is -0.120. The van der Waals surface area contributed by atoms with Crippen LogP contribution < -0.4 is 0 Å². The van der Waals surface area contributed by atoms with Crippen LogP contribution in [-0.2, 0) is 4.74 Å². The number of rotatable bonds is 5. The summed E-state index contributed by atoms with van der Waals surface area (Å²) < 4.78 is 5.64. The Bertz CT molecular complexity index is 203. The minimum atomic E-state index is 0.320. The number of piperazine rings is 1. The Morgan fingerprint density at radius 1 is 1.06 bits per heavy atom. The van der Waals surface area contributed by atoms with E-state index >= 15 is 0 Å². The Balaban J connectivity index is 2.11. The second-order valence-corrected chi connectivity index (χ2v) is 6.47. The standard InChI is InChI=1S/C14H30N2O/c1-13(2)12-17-11-10-15-6-8-16(9-7-15)14(3,4)5/h13H,6-12H2,1-5H3. The summed E-state index contributed by atoms with van der Waals surface area (Å²) in [6.45, 7) is 18.9. The van der Waals surface area contributed by atoms with Gasteiger partial charge in [0, 0.05) is 44.9 Å². The van der Waals surface area contributed by atoms with E-state index in [9.17, 15) is 0 Å². The second kappa shape index (κ2) is 6.72. The average molecular weight is 242 g/mol. The van der Waals surface area contributed by atoms with Gasteiger partial charge in [0.05, 0.1) is 6.61 Å². The summed E-state index contributed by atoms with van der Waals surface area (Å²) in [5.74, 6) is 0.646. The highest BCUT2D eigenvalue weighted by atomic mass is 16.5. The fourth-order valence-electron chi connectivity index (χ4n) is 2.15. The zero-order chi connectivity index (χ0) is 12.9.